The molecule has 0 saturated heterocycles. The van der Waals surface area contributed by atoms with Gasteiger partial charge in [-0.25, -0.2) is 9.37 Å². The number of benzene rings is 1. The summed E-state index contributed by atoms with van der Waals surface area (Å²) in [6.45, 7) is -0.268. The third-order valence-corrected chi connectivity index (χ3v) is 3.28. The van der Waals surface area contributed by atoms with Gasteiger partial charge >= 0.3 is 0 Å². The molecule has 1 aromatic heterocycles. The summed E-state index contributed by atoms with van der Waals surface area (Å²) in [4.78, 5) is 7.68. The SMILES string of the molecule is Nc1ncc(Cl)c(NC(CO)c2cc(F)cc(Br)c2)n1. The standard InChI is InChI=1S/C12H11BrClFN4O/c13-7-1-6(2-8(15)3-7)10(5-20)18-11-9(14)4-17-12(16)19-11/h1-4,10,20H,5H2,(H3,16,17,18,19). The quantitative estimate of drug-likeness (QED) is 0.780. The monoisotopic (exact) mass is 360 g/mol. The number of rotatable bonds is 4. The van der Waals surface area contributed by atoms with Crippen LogP contribution in [-0.2, 0) is 0 Å². The van der Waals surface area contributed by atoms with Crippen LogP contribution in [0.25, 0.3) is 0 Å². The van der Waals surface area contributed by atoms with Crippen molar-refractivity contribution in [1.82, 2.24) is 9.97 Å². The Morgan fingerprint density at radius 2 is 2.20 bits per heavy atom. The fourth-order valence-corrected chi connectivity index (χ4v) is 2.29. The molecular weight excluding hydrogens is 351 g/mol. The fraction of sp³-hybridized carbons (Fsp3) is 0.167. The van der Waals surface area contributed by atoms with Gasteiger partial charge in [-0.2, -0.15) is 4.98 Å². The highest BCUT2D eigenvalue weighted by Gasteiger charge is 2.15. The van der Waals surface area contributed by atoms with Crippen LogP contribution in [0.1, 0.15) is 11.6 Å². The molecule has 0 spiro atoms. The summed E-state index contributed by atoms with van der Waals surface area (Å²) in [5.74, 6) is -0.0875. The van der Waals surface area contributed by atoms with Crippen molar-refractivity contribution in [3.63, 3.8) is 0 Å². The molecule has 0 radical (unpaired) electrons. The van der Waals surface area contributed by atoms with Gasteiger partial charge < -0.3 is 16.2 Å². The van der Waals surface area contributed by atoms with Gasteiger partial charge in [-0.15, -0.1) is 0 Å². The molecule has 20 heavy (non-hydrogen) atoms. The second kappa shape index (κ2) is 6.34. The minimum Gasteiger partial charge on any atom is -0.394 e. The smallest absolute Gasteiger partial charge is 0.222 e. The Morgan fingerprint density at radius 3 is 2.85 bits per heavy atom. The molecule has 0 aliphatic carbocycles. The van der Waals surface area contributed by atoms with E-state index in [1.54, 1.807) is 6.07 Å². The van der Waals surface area contributed by atoms with Crippen LogP contribution >= 0.6 is 27.5 Å². The molecule has 1 heterocycles. The van der Waals surface area contributed by atoms with E-state index in [1.807, 2.05) is 0 Å². The number of nitrogens with zero attached hydrogens (tertiary/aromatic N) is 2. The maximum absolute atomic E-state index is 13.4. The zero-order valence-electron chi connectivity index (χ0n) is 10.1. The summed E-state index contributed by atoms with van der Waals surface area (Å²) >= 11 is 9.14. The number of hydrogen-bond acceptors (Lipinski definition) is 5. The number of aromatic nitrogens is 2. The summed E-state index contributed by atoms with van der Waals surface area (Å²) in [7, 11) is 0. The lowest BCUT2D eigenvalue weighted by molar-refractivity contribution is 0.276. The average molecular weight is 362 g/mol. The van der Waals surface area contributed by atoms with Crippen molar-refractivity contribution in [1.29, 1.82) is 0 Å². The molecule has 8 heteroatoms. The van der Waals surface area contributed by atoms with Crippen LogP contribution < -0.4 is 11.1 Å². The minimum atomic E-state index is -0.575. The van der Waals surface area contributed by atoms with Crippen molar-refractivity contribution in [2.45, 2.75) is 6.04 Å². The third-order valence-electron chi connectivity index (χ3n) is 2.54. The first-order valence-electron chi connectivity index (χ1n) is 5.61. The lowest BCUT2D eigenvalue weighted by Gasteiger charge is -2.18. The minimum absolute atomic E-state index is 0.0500. The highest BCUT2D eigenvalue weighted by atomic mass is 79.9. The van der Waals surface area contributed by atoms with Gasteiger partial charge in [0, 0.05) is 4.47 Å². The number of hydrogen-bond donors (Lipinski definition) is 3. The molecule has 0 aliphatic heterocycles. The van der Waals surface area contributed by atoms with Crippen LogP contribution in [0, 0.1) is 5.82 Å². The zero-order chi connectivity index (χ0) is 14.7. The predicted molar refractivity (Wildman–Crippen MR) is 79.0 cm³/mol. The maximum Gasteiger partial charge on any atom is 0.222 e. The van der Waals surface area contributed by atoms with Gasteiger partial charge in [0.1, 0.15) is 10.8 Å². The molecule has 4 N–H and O–H groups in total. The third kappa shape index (κ3) is 3.56. The van der Waals surface area contributed by atoms with Gasteiger partial charge in [-0.1, -0.05) is 27.5 Å². The Kier molecular flexibility index (Phi) is 4.74. The van der Waals surface area contributed by atoms with E-state index in [-0.39, 0.29) is 23.4 Å². The van der Waals surface area contributed by atoms with Crippen LogP contribution in [0.15, 0.2) is 28.9 Å². The van der Waals surface area contributed by atoms with Crippen LogP contribution in [0.4, 0.5) is 16.2 Å². The Morgan fingerprint density at radius 1 is 1.45 bits per heavy atom. The summed E-state index contributed by atoms with van der Waals surface area (Å²) in [5.41, 5.74) is 6.03. The molecule has 5 nitrogen and oxygen atoms in total. The molecule has 0 saturated carbocycles. The van der Waals surface area contributed by atoms with Crippen molar-refractivity contribution >= 4 is 39.3 Å². The van der Waals surface area contributed by atoms with Gasteiger partial charge in [-0.05, 0) is 23.8 Å². The van der Waals surface area contributed by atoms with E-state index < -0.39 is 11.9 Å². The van der Waals surface area contributed by atoms with Crippen LogP contribution in [0.5, 0.6) is 0 Å². The molecule has 1 atom stereocenters. The maximum atomic E-state index is 13.4. The number of anilines is 2. The molecular formula is C12H11BrClFN4O. The van der Waals surface area contributed by atoms with Crippen LogP contribution in [0.2, 0.25) is 5.02 Å². The zero-order valence-corrected chi connectivity index (χ0v) is 12.5. The first kappa shape index (κ1) is 15.0. The number of nitrogens with one attached hydrogen (secondary N) is 1. The van der Waals surface area contributed by atoms with E-state index in [9.17, 15) is 9.50 Å². The molecule has 0 aliphatic rings. The van der Waals surface area contributed by atoms with Gasteiger partial charge in [0.2, 0.25) is 5.95 Å². The summed E-state index contributed by atoms with van der Waals surface area (Å²) < 4.78 is 14.0. The first-order valence-corrected chi connectivity index (χ1v) is 6.78. The normalized spacial score (nSPS) is 12.2. The Bertz CT molecular complexity index is 608. The number of nitrogens with two attached hydrogens (primary N) is 1. The first-order chi connectivity index (χ1) is 9.49. The van der Waals surface area contributed by atoms with E-state index in [1.165, 1.54) is 18.3 Å². The van der Waals surface area contributed by atoms with Crippen LogP contribution in [0.3, 0.4) is 0 Å². The van der Waals surface area contributed by atoms with Crippen molar-refractivity contribution in [3.8, 4) is 0 Å². The average Bonchev–Trinajstić information content (AvgIpc) is 2.38. The Hall–Kier alpha value is -1.44. The number of aliphatic hydroxyl groups excluding tert-OH is 1. The van der Waals surface area contributed by atoms with E-state index in [4.69, 9.17) is 17.3 Å². The second-order valence-corrected chi connectivity index (χ2v) is 5.33. The van der Waals surface area contributed by atoms with Crippen molar-refractivity contribution in [3.05, 3.63) is 45.3 Å². The largest absolute Gasteiger partial charge is 0.394 e. The highest BCUT2D eigenvalue weighted by molar-refractivity contribution is 9.10. The summed E-state index contributed by atoms with van der Waals surface area (Å²) in [5, 5.41) is 12.6. The molecule has 0 bridgehead atoms. The van der Waals surface area contributed by atoms with Gasteiger partial charge in [0.15, 0.2) is 5.82 Å². The lowest BCUT2D eigenvalue weighted by Crippen LogP contribution is -2.17. The number of nitrogen functional groups attached to an aromatic ring is 1. The second-order valence-electron chi connectivity index (χ2n) is 4.01. The van der Waals surface area contributed by atoms with Crippen molar-refractivity contribution in [2.75, 3.05) is 17.7 Å². The Labute approximate surface area is 128 Å². The molecule has 106 valence electrons. The topological polar surface area (TPSA) is 84.1 Å². The molecule has 0 fully saturated rings. The van der Waals surface area contributed by atoms with Gasteiger partial charge in [0.05, 0.1) is 18.8 Å². The van der Waals surface area contributed by atoms with E-state index in [2.05, 4.69) is 31.2 Å². The predicted octanol–water partition coefficient (Wildman–Crippen LogP) is 2.76. The lowest BCUT2D eigenvalue weighted by atomic mass is 10.1. The number of halogens is 3. The van der Waals surface area contributed by atoms with Gasteiger partial charge in [0.25, 0.3) is 0 Å². The van der Waals surface area contributed by atoms with E-state index in [0.717, 1.165) is 0 Å². The van der Waals surface area contributed by atoms with Gasteiger partial charge in [-0.3, -0.25) is 0 Å². The molecule has 2 rings (SSSR count). The summed E-state index contributed by atoms with van der Waals surface area (Å²) in [6, 6.07) is 3.76. The van der Waals surface area contributed by atoms with Crippen LogP contribution in [-0.4, -0.2) is 21.7 Å². The molecule has 1 aromatic carbocycles. The molecule has 0 amide bonds. The highest BCUT2D eigenvalue weighted by Crippen LogP contribution is 2.26. The number of aliphatic hydroxyl groups is 1. The molecule has 1 unspecified atom stereocenters. The van der Waals surface area contributed by atoms with Crippen molar-refractivity contribution < 1.29 is 9.50 Å². The van der Waals surface area contributed by atoms with E-state index >= 15 is 0 Å². The Balaban J connectivity index is 2.30. The molecule has 2 aromatic rings. The van der Waals surface area contributed by atoms with E-state index in [0.29, 0.717) is 10.0 Å². The van der Waals surface area contributed by atoms with Crippen molar-refractivity contribution in [2.24, 2.45) is 0 Å². The summed E-state index contributed by atoms with van der Waals surface area (Å²) in [6.07, 6.45) is 1.35. The fourth-order valence-electron chi connectivity index (χ4n) is 1.66.